The number of aryl methyl sites for hydroxylation is 2. The number of benzene rings is 3. The average molecular weight is 569 g/mol. The number of halogens is 4. The first-order valence-electron chi connectivity index (χ1n) is 12.0. The fourth-order valence-corrected chi connectivity index (χ4v) is 6.23. The Hall–Kier alpha value is -3.39. The molecule has 0 aliphatic heterocycles. The molecule has 1 unspecified atom stereocenters. The summed E-state index contributed by atoms with van der Waals surface area (Å²) in [6.07, 6.45) is 4.61. The van der Waals surface area contributed by atoms with Crippen LogP contribution in [0.15, 0.2) is 61.2 Å². The summed E-state index contributed by atoms with van der Waals surface area (Å²) in [5, 5.41) is 12.4. The van der Waals surface area contributed by atoms with Crippen molar-refractivity contribution in [2.45, 2.75) is 31.7 Å². The lowest BCUT2D eigenvalue weighted by molar-refractivity contribution is 0.0885. The van der Waals surface area contributed by atoms with Crippen molar-refractivity contribution in [3.63, 3.8) is 0 Å². The van der Waals surface area contributed by atoms with E-state index in [-0.39, 0.29) is 20.6 Å². The average Bonchev–Trinajstić information content (AvgIpc) is 3.50. The maximum absolute atomic E-state index is 14.6. The first-order chi connectivity index (χ1) is 18.2. The van der Waals surface area contributed by atoms with Crippen molar-refractivity contribution in [1.82, 2.24) is 25.1 Å². The van der Waals surface area contributed by atoms with Crippen molar-refractivity contribution in [2.24, 2.45) is 0 Å². The molecular formula is C28H21Cl3FN5O. The summed E-state index contributed by atoms with van der Waals surface area (Å²) in [6, 6.07) is 13.9. The van der Waals surface area contributed by atoms with Gasteiger partial charge in [0.05, 0.1) is 26.8 Å². The molecule has 2 N–H and O–H groups in total. The minimum Gasteiger partial charge on any atom is -0.358 e. The van der Waals surface area contributed by atoms with Crippen molar-refractivity contribution < 1.29 is 9.18 Å². The molecule has 10 heteroatoms. The molecule has 2 aromatic heterocycles. The van der Waals surface area contributed by atoms with Gasteiger partial charge >= 0.3 is 0 Å². The van der Waals surface area contributed by atoms with E-state index < -0.39 is 17.3 Å². The number of aromatic nitrogens is 4. The number of carbonyl (C=O) groups is 1. The van der Waals surface area contributed by atoms with E-state index >= 15 is 0 Å². The predicted molar refractivity (Wildman–Crippen MR) is 147 cm³/mol. The van der Waals surface area contributed by atoms with Crippen molar-refractivity contribution in [2.75, 3.05) is 0 Å². The van der Waals surface area contributed by atoms with Crippen LogP contribution in [0.5, 0.6) is 0 Å². The summed E-state index contributed by atoms with van der Waals surface area (Å²) < 4.78 is 16.2. The van der Waals surface area contributed by atoms with Gasteiger partial charge in [-0.1, -0.05) is 46.9 Å². The maximum atomic E-state index is 14.6. The van der Waals surface area contributed by atoms with Gasteiger partial charge in [0, 0.05) is 28.0 Å². The van der Waals surface area contributed by atoms with Crippen LogP contribution in [0.1, 0.15) is 39.2 Å². The summed E-state index contributed by atoms with van der Waals surface area (Å²) in [5.74, 6) is -0.939. The minimum atomic E-state index is -0.949. The Kier molecular flexibility index (Phi) is 6.17. The molecule has 192 valence electrons. The highest BCUT2D eigenvalue weighted by molar-refractivity contribution is 6.40. The number of hydrogen-bond donors (Lipinski definition) is 2. The van der Waals surface area contributed by atoms with Crippen LogP contribution in [0.2, 0.25) is 15.1 Å². The standard InChI is InChI=1S/C28H21Cl3FN5O/c1-15-2-3-20-21-12-28(5-4-24(21)35-25(20)6-15,16-7-17(29)9-18(32)8-16)36-27(38)26-22(30)10-19(11-23(26)31)37-13-33-34-14-37/h2-3,6-11,13-14,35H,4-5,12H2,1H3,(H,36,38). The van der Waals surface area contributed by atoms with Crippen LogP contribution in [0.4, 0.5) is 4.39 Å². The Labute approximate surface area is 232 Å². The third-order valence-corrected chi connectivity index (χ3v) is 7.98. The van der Waals surface area contributed by atoms with Crippen LogP contribution < -0.4 is 5.32 Å². The van der Waals surface area contributed by atoms with Crippen LogP contribution in [0, 0.1) is 12.7 Å². The number of rotatable bonds is 4. The van der Waals surface area contributed by atoms with Gasteiger partial charge in [0.15, 0.2) is 0 Å². The van der Waals surface area contributed by atoms with Gasteiger partial charge in [-0.2, -0.15) is 0 Å². The topological polar surface area (TPSA) is 75.6 Å². The summed E-state index contributed by atoms with van der Waals surface area (Å²) in [7, 11) is 0. The molecule has 6 rings (SSSR count). The molecule has 0 fully saturated rings. The maximum Gasteiger partial charge on any atom is 0.255 e. The van der Waals surface area contributed by atoms with Crippen LogP contribution in [0.25, 0.3) is 16.6 Å². The van der Waals surface area contributed by atoms with Crippen molar-refractivity contribution in [1.29, 1.82) is 0 Å². The van der Waals surface area contributed by atoms with Crippen molar-refractivity contribution in [3.05, 3.63) is 110 Å². The predicted octanol–water partition coefficient (Wildman–Crippen LogP) is 6.97. The molecule has 0 radical (unpaired) electrons. The Bertz CT molecular complexity index is 1670. The largest absolute Gasteiger partial charge is 0.358 e. The molecule has 5 aromatic rings. The lowest BCUT2D eigenvalue weighted by Gasteiger charge is -2.39. The zero-order valence-electron chi connectivity index (χ0n) is 20.2. The highest BCUT2D eigenvalue weighted by Gasteiger charge is 2.40. The number of fused-ring (bicyclic) bond motifs is 3. The molecule has 3 aromatic carbocycles. The quantitative estimate of drug-likeness (QED) is 0.246. The molecule has 0 bridgehead atoms. The second-order valence-corrected chi connectivity index (χ2v) is 10.9. The summed E-state index contributed by atoms with van der Waals surface area (Å²) >= 11 is 19.4. The summed E-state index contributed by atoms with van der Waals surface area (Å²) in [5.41, 5.74) is 4.74. The number of H-pyrrole nitrogens is 1. The van der Waals surface area contributed by atoms with Gasteiger partial charge in [-0.15, -0.1) is 10.2 Å². The summed E-state index contributed by atoms with van der Waals surface area (Å²) in [4.78, 5) is 17.3. The normalized spacial score (nSPS) is 17.0. The molecule has 1 amide bonds. The molecular weight excluding hydrogens is 548 g/mol. The number of hydrogen-bond acceptors (Lipinski definition) is 3. The number of nitrogens with zero attached hydrogens (tertiary/aromatic N) is 3. The second kappa shape index (κ2) is 9.42. The molecule has 0 saturated carbocycles. The first-order valence-corrected chi connectivity index (χ1v) is 13.1. The van der Waals surface area contributed by atoms with Crippen LogP contribution in [-0.2, 0) is 18.4 Å². The smallest absolute Gasteiger partial charge is 0.255 e. The number of nitrogens with one attached hydrogen (secondary N) is 2. The molecule has 0 spiro atoms. The van der Waals surface area contributed by atoms with E-state index in [4.69, 9.17) is 34.8 Å². The third-order valence-electron chi connectivity index (χ3n) is 7.17. The molecule has 1 aliphatic carbocycles. The SMILES string of the molecule is Cc1ccc2c3c([nH]c2c1)CCC(NC(=O)c1c(Cl)cc(-n2cnnc2)cc1Cl)(c1cc(F)cc(Cl)c1)C3. The zero-order chi connectivity index (χ0) is 26.6. The lowest BCUT2D eigenvalue weighted by atomic mass is 9.75. The van der Waals surface area contributed by atoms with E-state index in [0.717, 1.165) is 27.7 Å². The highest BCUT2D eigenvalue weighted by atomic mass is 35.5. The fourth-order valence-electron chi connectivity index (χ4n) is 5.36. The molecule has 1 atom stereocenters. The van der Waals surface area contributed by atoms with E-state index in [2.05, 4.69) is 38.7 Å². The Balaban J connectivity index is 1.44. The molecule has 38 heavy (non-hydrogen) atoms. The molecule has 2 heterocycles. The Morgan fingerprint density at radius 2 is 1.79 bits per heavy atom. The second-order valence-electron chi connectivity index (χ2n) is 9.66. The van der Waals surface area contributed by atoms with Gasteiger partial charge in [-0.05, 0) is 72.9 Å². The molecule has 1 aliphatic rings. The molecule has 6 nitrogen and oxygen atoms in total. The zero-order valence-corrected chi connectivity index (χ0v) is 22.4. The first kappa shape index (κ1) is 24.9. The minimum absolute atomic E-state index is 0.132. The van der Waals surface area contributed by atoms with Crippen molar-refractivity contribution in [3.8, 4) is 5.69 Å². The number of aromatic amines is 1. The van der Waals surface area contributed by atoms with Crippen LogP contribution >= 0.6 is 34.8 Å². The lowest BCUT2D eigenvalue weighted by Crippen LogP contribution is -2.49. The van der Waals surface area contributed by atoms with Gasteiger partial charge in [0.2, 0.25) is 0 Å². The highest BCUT2D eigenvalue weighted by Crippen LogP contribution is 2.41. The van der Waals surface area contributed by atoms with Gasteiger partial charge in [-0.25, -0.2) is 4.39 Å². The van der Waals surface area contributed by atoms with Crippen LogP contribution in [-0.4, -0.2) is 25.7 Å². The van der Waals surface area contributed by atoms with E-state index in [1.54, 1.807) is 22.8 Å². The Morgan fingerprint density at radius 1 is 1.05 bits per heavy atom. The van der Waals surface area contributed by atoms with Gasteiger partial charge in [0.25, 0.3) is 5.91 Å². The van der Waals surface area contributed by atoms with E-state index in [1.807, 2.05) is 6.92 Å². The van der Waals surface area contributed by atoms with E-state index in [0.29, 0.717) is 30.5 Å². The Morgan fingerprint density at radius 3 is 2.50 bits per heavy atom. The van der Waals surface area contributed by atoms with Gasteiger partial charge < -0.3 is 10.3 Å². The van der Waals surface area contributed by atoms with Crippen LogP contribution in [0.3, 0.4) is 0 Å². The van der Waals surface area contributed by atoms with E-state index in [1.165, 1.54) is 24.8 Å². The van der Waals surface area contributed by atoms with Gasteiger partial charge in [-0.3, -0.25) is 9.36 Å². The van der Waals surface area contributed by atoms with E-state index in [9.17, 15) is 9.18 Å². The number of carbonyl (C=O) groups excluding carboxylic acids is 1. The van der Waals surface area contributed by atoms with Crippen molar-refractivity contribution >= 4 is 51.6 Å². The third kappa shape index (κ3) is 4.34. The monoisotopic (exact) mass is 567 g/mol. The fraction of sp³-hybridized carbons (Fsp3) is 0.179. The number of amides is 1. The summed E-state index contributed by atoms with van der Waals surface area (Å²) in [6.45, 7) is 2.04. The molecule has 0 saturated heterocycles. The van der Waals surface area contributed by atoms with Gasteiger partial charge in [0.1, 0.15) is 18.5 Å².